The summed E-state index contributed by atoms with van der Waals surface area (Å²) in [5, 5.41) is 3.31. The summed E-state index contributed by atoms with van der Waals surface area (Å²) in [4.78, 5) is 39.3. The van der Waals surface area contributed by atoms with Gasteiger partial charge in [-0.25, -0.2) is 4.79 Å². The van der Waals surface area contributed by atoms with Crippen molar-refractivity contribution in [1.82, 2.24) is 14.9 Å². The van der Waals surface area contributed by atoms with Gasteiger partial charge < -0.3 is 10.3 Å². The van der Waals surface area contributed by atoms with Gasteiger partial charge in [0.25, 0.3) is 11.5 Å². The van der Waals surface area contributed by atoms with Crippen molar-refractivity contribution in [1.29, 1.82) is 0 Å². The summed E-state index contributed by atoms with van der Waals surface area (Å²) in [6.07, 6.45) is 1.15. The molecule has 122 valence electrons. The van der Waals surface area contributed by atoms with E-state index >= 15 is 0 Å². The molecule has 2 atom stereocenters. The number of aromatic amines is 1. The second-order valence-corrected chi connectivity index (χ2v) is 6.64. The van der Waals surface area contributed by atoms with Gasteiger partial charge in [-0.2, -0.15) is 0 Å². The monoisotopic (exact) mass is 315 g/mol. The minimum atomic E-state index is -0.457. The number of carbonyl (C=O) groups is 1. The highest BCUT2D eigenvalue weighted by Gasteiger charge is 2.32. The summed E-state index contributed by atoms with van der Waals surface area (Å²) < 4.78 is 1.18. The Morgan fingerprint density at radius 2 is 2.09 bits per heavy atom. The molecular formula is C17H21N3O3. The molecule has 1 aliphatic carbocycles. The lowest BCUT2D eigenvalue weighted by atomic mass is 10.1. The van der Waals surface area contributed by atoms with Crippen LogP contribution in [0.1, 0.15) is 43.6 Å². The molecule has 3 rings (SSSR count). The van der Waals surface area contributed by atoms with Crippen molar-refractivity contribution in [2.24, 2.45) is 11.8 Å². The summed E-state index contributed by atoms with van der Waals surface area (Å²) >= 11 is 0. The standard InChI is InChI=1S/C17H21N3O3/c1-9(2)20-16(22)13-5-4-11(7-14(13)19-17(20)23)15(21)18-8-12-6-10(12)3/h4-5,7,9-10,12H,6,8H2,1-3H3,(H,18,21)(H,19,23)/t10-,12+/m0/s1. The van der Waals surface area contributed by atoms with Gasteiger partial charge in [0.2, 0.25) is 0 Å². The van der Waals surface area contributed by atoms with E-state index in [-0.39, 0.29) is 17.5 Å². The third-order valence-electron chi connectivity index (χ3n) is 4.51. The summed E-state index contributed by atoms with van der Waals surface area (Å²) in [5.41, 5.74) is 0.0480. The van der Waals surface area contributed by atoms with E-state index in [1.165, 1.54) is 4.57 Å². The Labute approximate surface area is 133 Å². The molecule has 2 aromatic rings. The van der Waals surface area contributed by atoms with Crippen LogP contribution in [-0.2, 0) is 0 Å². The molecule has 23 heavy (non-hydrogen) atoms. The quantitative estimate of drug-likeness (QED) is 0.900. The van der Waals surface area contributed by atoms with Gasteiger partial charge in [0.1, 0.15) is 0 Å². The van der Waals surface area contributed by atoms with Crippen molar-refractivity contribution < 1.29 is 4.79 Å². The maximum Gasteiger partial charge on any atom is 0.329 e. The van der Waals surface area contributed by atoms with Crippen molar-refractivity contribution in [2.75, 3.05) is 6.54 Å². The van der Waals surface area contributed by atoms with E-state index in [1.54, 1.807) is 32.0 Å². The van der Waals surface area contributed by atoms with E-state index in [9.17, 15) is 14.4 Å². The van der Waals surface area contributed by atoms with E-state index in [2.05, 4.69) is 17.2 Å². The Morgan fingerprint density at radius 1 is 1.39 bits per heavy atom. The Morgan fingerprint density at radius 3 is 2.70 bits per heavy atom. The number of H-pyrrole nitrogens is 1. The van der Waals surface area contributed by atoms with Crippen LogP contribution in [0.4, 0.5) is 0 Å². The summed E-state index contributed by atoms with van der Waals surface area (Å²) in [6.45, 7) is 6.40. The minimum Gasteiger partial charge on any atom is -0.352 e. The van der Waals surface area contributed by atoms with Crippen molar-refractivity contribution in [3.8, 4) is 0 Å². The predicted octanol–water partition coefficient (Wildman–Crippen LogP) is 1.66. The van der Waals surface area contributed by atoms with E-state index in [0.29, 0.717) is 34.8 Å². The first-order chi connectivity index (χ1) is 10.9. The first-order valence-electron chi connectivity index (χ1n) is 7.95. The summed E-state index contributed by atoms with van der Waals surface area (Å²) in [5.74, 6) is 1.06. The first kappa shape index (κ1) is 15.5. The van der Waals surface area contributed by atoms with Crippen molar-refractivity contribution >= 4 is 16.8 Å². The smallest absolute Gasteiger partial charge is 0.329 e. The van der Waals surface area contributed by atoms with Crippen LogP contribution in [0.5, 0.6) is 0 Å². The fourth-order valence-corrected chi connectivity index (χ4v) is 2.85. The number of nitrogens with zero attached hydrogens (tertiary/aromatic N) is 1. The van der Waals surface area contributed by atoms with E-state index < -0.39 is 5.69 Å². The molecule has 1 amide bonds. The Balaban J connectivity index is 1.93. The average Bonchev–Trinajstić information content (AvgIpc) is 3.19. The zero-order valence-corrected chi connectivity index (χ0v) is 13.6. The number of hydrogen-bond donors (Lipinski definition) is 2. The average molecular weight is 315 g/mol. The van der Waals surface area contributed by atoms with Crippen LogP contribution in [0.2, 0.25) is 0 Å². The number of aromatic nitrogens is 2. The van der Waals surface area contributed by atoms with Crippen LogP contribution >= 0.6 is 0 Å². The van der Waals surface area contributed by atoms with Crippen LogP contribution in [-0.4, -0.2) is 22.0 Å². The molecule has 2 N–H and O–H groups in total. The number of carbonyl (C=O) groups excluding carboxylic acids is 1. The van der Waals surface area contributed by atoms with Gasteiger partial charge in [-0.15, -0.1) is 0 Å². The molecule has 1 aliphatic rings. The fraction of sp³-hybridized carbons (Fsp3) is 0.471. The second kappa shape index (κ2) is 5.68. The Kier molecular flexibility index (Phi) is 3.83. The topological polar surface area (TPSA) is 84.0 Å². The molecule has 6 heteroatoms. The Bertz CT molecular complexity index is 879. The highest BCUT2D eigenvalue weighted by atomic mass is 16.2. The maximum atomic E-state index is 12.4. The molecule has 0 aliphatic heterocycles. The van der Waals surface area contributed by atoms with Gasteiger partial charge in [-0.05, 0) is 50.3 Å². The third kappa shape index (κ3) is 2.93. The largest absolute Gasteiger partial charge is 0.352 e. The fourth-order valence-electron chi connectivity index (χ4n) is 2.85. The Hall–Kier alpha value is -2.37. The van der Waals surface area contributed by atoms with E-state index in [4.69, 9.17) is 0 Å². The van der Waals surface area contributed by atoms with Gasteiger partial charge in [0, 0.05) is 18.2 Å². The van der Waals surface area contributed by atoms with Gasteiger partial charge >= 0.3 is 5.69 Å². The van der Waals surface area contributed by atoms with Gasteiger partial charge in [-0.1, -0.05) is 6.92 Å². The summed E-state index contributed by atoms with van der Waals surface area (Å²) in [6, 6.07) is 4.56. The molecule has 1 heterocycles. The van der Waals surface area contributed by atoms with Crippen LogP contribution in [0, 0.1) is 11.8 Å². The number of rotatable bonds is 4. The molecule has 6 nitrogen and oxygen atoms in total. The number of hydrogen-bond acceptors (Lipinski definition) is 3. The SMILES string of the molecule is CC(C)n1c(=O)[nH]c2cc(C(=O)NC[C@H]3C[C@@H]3C)ccc2c1=O. The highest BCUT2D eigenvalue weighted by Crippen LogP contribution is 2.36. The molecule has 0 spiro atoms. The van der Waals surface area contributed by atoms with Gasteiger partial charge in [0.15, 0.2) is 0 Å². The molecule has 0 bridgehead atoms. The number of benzene rings is 1. The van der Waals surface area contributed by atoms with Crippen molar-refractivity contribution in [3.05, 3.63) is 44.6 Å². The molecule has 0 radical (unpaired) electrons. The number of amides is 1. The molecular weight excluding hydrogens is 294 g/mol. The predicted molar refractivity (Wildman–Crippen MR) is 88.8 cm³/mol. The van der Waals surface area contributed by atoms with Gasteiger partial charge in [-0.3, -0.25) is 14.2 Å². The molecule has 1 saturated carbocycles. The van der Waals surface area contributed by atoms with E-state index in [0.717, 1.165) is 6.42 Å². The highest BCUT2D eigenvalue weighted by molar-refractivity contribution is 5.97. The molecule has 0 unspecified atom stereocenters. The van der Waals surface area contributed by atoms with Crippen LogP contribution in [0.25, 0.3) is 10.9 Å². The van der Waals surface area contributed by atoms with Crippen LogP contribution in [0.3, 0.4) is 0 Å². The molecule has 0 saturated heterocycles. The minimum absolute atomic E-state index is 0.181. The zero-order valence-electron chi connectivity index (χ0n) is 13.6. The lowest BCUT2D eigenvalue weighted by Crippen LogP contribution is -2.36. The normalized spacial score (nSPS) is 20.0. The van der Waals surface area contributed by atoms with Crippen LogP contribution < -0.4 is 16.6 Å². The number of nitrogens with one attached hydrogen (secondary N) is 2. The molecule has 1 fully saturated rings. The lowest BCUT2D eigenvalue weighted by molar-refractivity contribution is 0.0951. The number of fused-ring (bicyclic) bond motifs is 1. The second-order valence-electron chi connectivity index (χ2n) is 6.64. The first-order valence-corrected chi connectivity index (χ1v) is 7.95. The molecule has 1 aromatic carbocycles. The maximum absolute atomic E-state index is 12.4. The van der Waals surface area contributed by atoms with Crippen LogP contribution in [0.15, 0.2) is 27.8 Å². The third-order valence-corrected chi connectivity index (χ3v) is 4.51. The zero-order chi connectivity index (χ0) is 16.7. The lowest BCUT2D eigenvalue weighted by Gasteiger charge is -2.10. The van der Waals surface area contributed by atoms with E-state index in [1.807, 2.05) is 0 Å². The van der Waals surface area contributed by atoms with Crippen molar-refractivity contribution in [2.45, 2.75) is 33.2 Å². The van der Waals surface area contributed by atoms with Gasteiger partial charge in [0.05, 0.1) is 10.9 Å². The summed E-state index contributed by atoms with van der Waals surface area (Å²) in [7, 11) is 0. The van der Waals surface area contributed by atoms with Crippen molar-refractivity contribution in [3.63, 3.8) is 0 Å². The molecule has 1 aromatic heterocycles.